The topological polar surface area (TPSA) is 49.7 Å². The molecule has 3 aliphatic heterocycles. The molecule has 148 valence electrons. The number of nitrogens with zero attached hydrogens (tertiary/aromatic N) is 6. The number of hydrogen-bond donors (Lipinski definition) is 0. The van der Waals surface area contributed by atoms with Gasteiger partial charge in [0.25, 0.3) is 0 Å². The molecule has 2 aromatic rings. The van der Waals surface area contributed by atoms with Crippen LogP contribution in [0.4, 0.5) is 0 Å². The van der Waals surface area contributed by atoms with E-state index in [1.54, 1.807) is 4.85 Å². The van der Waals surface area contributed by atoms with Crippen LogP contribution in [0.1, 0.15) is 38.5 Å². The number of fused-ring (bicyclic) bond motifs is 1. The molecule has 0 saturated carbocycles. The molecule has 0 radical (unpaired) electrons. The van der Waals surface area contributed by atoms with Crippen molar-refractivity contribution in [2.45, 2.75) is 38.5 Å². The third-order valence-electron chi connectivity index (χ3n) is 6.14. The van der Waals surface area contributed by atoms with E-state index in [0.29, 0.717) is 5.02 Å². The first kappa shape index (κ1) is 18.1. The van der Waals surface area contributed by atoms with Crippen molar-refractivity contribution in [3.63, 3.8) is 0 Å². The van der Waals surface area contributed by atoms with Crippen LogP contribution in [0.2, 0.25) is 5.02 Å². The predicted octanol–water partition coefficient (Wildman–Crippen LogP) is 3.21. The molecule has 3 fully saturated rings. The van der Waals surface area contributed by atoms with Crippen molar-refractivity contribution >= 4 is 30.6 Å². The maximum absolute atomic E-state index is 6.96. The molecule has 0 N–H and O–H groups in total. The van der Waals surface area contributed by atoms with Gasteiger partial charge in [-0.05, 0) is 0 Å². The summed E-state index contributed by atoms with van der Waals surface area (Å²) in [5, 5.41) is 9.38. The van der Waals surface area contributed by atoms with Gasteiger partial charge in [-0.2, -0.15) is 0 Å². The SMILES string of the molecule is Clc1ccc2nnn(O[PH](N3CCCC3)(N3CCCC3)N3CCCC3)c2c1. The zero-order chi connectivity index (χ0) is 18.3. The first-order valence-electron chi connectivity index (χ1n) is 10.2. The third-order valence-corrected chi connectivity index (χ3v) is 10.6. The van der Waals surface area contributed by atoms with Crippen LogP contribution in [0.3, 0.4) is 0 Å². The summed E-state index contributed by atoms with van der Waals surface area (Å²) < 4.78 is 14.9. The third kappa shape index (κ3) is 3.14. The minimum absolute atomic E-state index is 0.686. The van der Waals surface area contributed by atoms with Crippen molar-refractivity contribution < 1.29 is 4.62 Å². The van der Waals surface area contributed by atoms with E-state index < -0.39 is 7.94 Å². The van der Waals surface area contributed by atoms with Crippen molar-refractivity contribution in [3.8, 4) is 0 Å². The maximum atomic E-state index is 6.96. The molecule has 4 heterocycles. The van der Waals surface area contributed by atoms with Gasteiger partial charge in [-0.3, -0.25) is 0 Å². The number of rotatable bonds is 5. The second kappa shape index (κ2) is 7.45. The number of hydrogen-bond acceptors (Lipinski definition) is 6. The normalized spacial score (nSPS) is 23.6. The van der Waals surface area contributed by atoms with Gasteiger partial charge in [0, 0.05) is 0 Å². The molecule has 0 spiro atoms. The zero-order valence-corrected chi connectivity index (χ0v) is 17.4. The fourth-order valence-corrected chi connectivity index (χ4v) is 9.63. The van der Waals surface area contributed by atoms with E-state index in [-0.39, 0.29) is 0 Å². The fraction of sp³-hybridized carbons (Fsp3) is 0.667. The Kier molecular flexibility index (Phi) is 4.99. The Morgan fingerprint density at radius 2 is 1.33 bits per heavy atom. The number of benzene rings is 1. The zero-order valence-electron chi connectivity index (χ0n) is 15.7. The summed E-state index contributed by atoms with van der Waals surface area (Å²) in [5.74, 6) is 0. The van der Waals surface area contributed by atoms with E-state index in [9.17, 15) is 0 Å². The Bertz CT molecular complexity index is 757. The summed E-state index contributed by atoms with van der Waals surface area (Å²) in [6.45, 7) is 6.71. The molecular weight excluding hydrogens is 383 g/mol. The predicted molar refractivity (Wildman–Crippen MR) is 110 cm³/mol. The molecule has 27 heavy (non-hydrogen) atoms. The average molecular weight is 411 g/mol. The summed E-state index contributed by atoms with van der Waals surface area (Å²) in [4.78, 5) is 1.67. The van der Waals surface area contributed by atoms with Crippen molar-refractivity contribution in [1.29, 1.82) is 0 Å². The Labute approximate surface area is 165 Å². The Balaban J connectivity index is 1.60. The first-order valence-corrected chi connectivity index (χ1v) is 12.4. The summed E-state index contributed by atoms with van der Waals surface area (Å²) in [5.41, 5.74) is 1.68. The number of halogens is 1. The molecule has 0 aliphatic carbocycles. The molecule has 0 atom stereocenters. The van der Waals surface area contributed by atoms with Gasteiger partial charge < -0.3 is 0 Å². The molecule has 1 aromatic heterocycles. The van der Waals surface area contributed by atoms with Crippen LogP contribution in [-0.4, -0.2) is 68.4 Å². The molecule has 7 nitrogen and oxygen atoms in total. The Morgan fingerprint density at radius 3 is 1.85 bits per heavy atom. The van der Waals surface area contributed by atoms with Gasteiger partial charge in [-0.1, -0.05) is 0 Å². The molecule has 3 aliphatic rings. The second-order valence-corrected chi connectivity index (χ2v) is 11.5. The first-order chi connectivity index (χ1) is 13.3. The summed E-state index contributed by atoms with van der Waals surface area (Å²) in [6, 6.07) is 5.68. The Morgan fingerprint density at radius 1 is 0.815 bits per heavy atom. The molecule has 3 saturated heterocycles. The van der Waals surface area contributed by atoms with E-state index in [1.165, 1.54) is 38.5 Å². The van der Waals surface area contributed by atoms with E-state index in [0.717, 1.165) is 50.3 Å². The summed E-state index contributed by atoms with van der Waals surface area (Å²) in [7, 11) is -2.52. The minimum atomic E-state index is -2.52. The molecule has 0 unspecified atom stereocenters. The van der Waals surface area contributed by atoms with Crippen molar-refractivity contribution in [2.24, 2.45) is 0 Å². The molecular formula is C18H28ClN6OP. The average Bonchev–Trinajstić information content (AvgIpc) is 3.48. The Hall–Kier alpha value is -0.980. The van der Waals surface area contributed by atoms with Crippen LogP contribution in [0.25, 0.3) is 11.0 Å². The van der Waals surface area contributed by atoms with Crippen LogP contribution in [-0.2, 0) is 0 Å². The van der Waals surface area contributed by atoms with Crippen molar-refractivity contribution in [3.05, 3.63) is 23.2 Å². The van der Waals surface area contributed by atoms with Gasteiger partial charge in [0.2, 0.25) is 0 Å². The number of aromatic nitrogens is 3. The van der Waals surface area contributed by atoms with Crippen molar-refractivity contribution in [1.82, 2.24) is 29.2 Å². The van der Waals surface area contributed by atoms with Crippen LogP contribution < -0.4 is 4.62 Å². The molecule has 5 rings (SSSR count). The molecule has 9 heteroatoms. The van der Waals surface area contributed by atoms with Crippen LogP contribution >= 0.6 is 19.5 Å². The van der Waals surface area contributed by atoms with Gasteiger partial charge in [-0.25, -0.2) is 0 Å². The van der Waals surface area contributed by atoms with Gasteiger partial charge >= 0.3 is 165 Å². The quantitative estimate of drug-likeness (QED) is 0.705. The monoisotopic (exact) mass is 410 g/mol. The van der Waals surface area contributed by atoms with Crippen molar-refractivity contribution in [2.75, 3.05) is 39.3 Å². The van der Waals surface area contributed by atoms with E-state index >= 15 is 0 Å². The molecule has 0 bridgehead atoms. The standard InChI is InChI=1S/C18H28ClN6OP/c19-16-7-8-17-18(15-16)25(21-20-17)26-27(22-9-1-2-10-22,23-11-3-4-12-23)24-13-5-6-14-24/h7-8,15,27H,1-6,9-14H2. The van der Waals surface area contributed by atoms with Gasteiger partial charge in [0.15, 0.2) is 0 Å². The van der Waals surface area contributed by atoms with E-state index in [1.807, 2.05) is 18.2 Å². The van der Waals surface area contributed by atoms with Gasteiger partial charge in [-0.15, -0.1) is 0 Å². The van der Waals surface area contributed by atoms with E-state index in [4.69, 9.17) is 16.2 Å². The van der Waals surface area contributed by atoms with Gasteiger partial charge in [0.05, 0.1) is 0 Å². The second-order valence-electron chi connectivity index (χ2n) is 7.84. The fourth-order valence-electron chi connectivity index (χ4n) is 4.85. The van der Waals surface area contributed by atoms with Crippen LogP contribution in [0, 0.1) is 0 Å². The molecule has 0 amide bonds. The summed E-state index contributed by atoms with van der Waals surface area (Å²) in [6.07, 6.45) is 7.52. The summed E-state index contributed by atoms with van der Waals surface area (Å²) >= 11 is 6.26. The van der Waals surface area contributed by atoms with E-state index in [2.05, 4.69) is 24.3 Å². The molecule has 1 aromatic carbocycles. The van der Waals surface area contributed by atoms with Crippen LogP contribution in [0.5, 0.6) is 0 Å². The van der Waals surface area contributed by atoms with Crippen LogP contribution in [0.15, 0.2) is 18.2 Å². The van der Waals surface area contributed by atoms with Gasteiger partial charge in [0.1, 0.15) is 0 Å².